The third-order valence-electron chi connectivity index (χ3n) is 3.09. The van der Waals surface area contributed by atoms with Crippen LogP contribution in [-0.4, -0.2) is 24.5 Å². The van der Waals surface area contributed by atoms with Gasteiger partial charge >= 0.3 is 5.97 Å². The Balaban J connectivity index is 2.49. The van der Waals surface area contributed by atoms with E-state index in [1.165, 1.54) is 0 Å². The summed E-state index contributed by atoms with van der Waals surface area (Å²) >= 11 is 0. The average Bonchev–Trinajstić information content (AvgIpc) is 2.44. The molecule has 1 aromatic rings. The Morgan fingerprint density at radius 2 is 1.86 bits per heavy atom. The number of esters is 1. The molecule has 0 saturated carbocycles. The number of carbonyl (C=O) groups excluding carboxylic acids is 2. The maximum atomic E-state index is 12.3. The van der Waals surface area contributed by atoms with E-state index in [1.807, 2.05) is 44.2 Å². The summed E-state index contributed by atoms with van der Waals surface area (Å²) in [6.07, 6.45) is 1.82. The lowest BCUT2D eigenvalue weighted by molar-refractivity contribution is -0.147. The van der Waals surface area contributed by atoms with E-state index >= 15 is 0 Å². The van der Waals surface area contributed by atoms with Crippen LogP contribution in [0.15, 0.2) is 30.3 Å². The predicted molar refractivity (Wildman–Crippen MR) is 82.9 cm³/mol. The van der Waals surface area contributed by atoms with Crippen LogP contribution in [0.3, 0.4) is 0 Å². The van der Waals surface area contributed by atoms with Crippen LogP contribution in [0.25, 0.3) is 0 Å². The summed E-state index contributed by atoms with van der Waals surface area (Å²) in [5.41, 5.74) is 1.02. The zero-order valence-electron chi connectivity index (χ0n) is 13.1. The molecule has 1 unspecified atom stereocenters. The molecule has 0 aliphatic carbocycles. The average molecular weight is 291 g/mol. The fourth-order valence-corrected chi connectivity index (χ4v) is 2.16. The molecule has 0 saturated heterocycles. The molecule has 1 atom stereocenters. The predicted octanol–water partition coefficient (Wildman–Crippen LogP) is 3.03. The van der Waals surface area contributed by atoms with Gasteiger partial charge in [-0.15, -0.1) is 0 Å². The molecule has 4 heteroatoms. The van der Waals surface area contributed by atoms with Gasteiger partial charge in [0.25, 0.3) is 0 Å². The van der Waals surface area contributed by atoms with E-state index in [1.54, 1.807) is 0 Å². The van der Waals surface area contributed by atoms with Crippen LogP contribution in [0, 0.1) is 0 Å². The molecule has 0 aliphatic heterocycles. The number of benzene rings is 1. The van der Waals surface area contributed by atoms with Gasteiger partial charge in [-0.1, -0.05) is 43.7 Å². The van der Waals surface area contributed by atoms with Crippen LogP contribution in [0.2, 0.25) is 0 Å². The minimum Gasteiger partial charge on any atom is -0.463 e. The van der Waals surface area contributed by atoms with Crippen molar-refractivity contribution >= 4 is 11.9 Å². The number of amides is 1. The first kappa shape index (κ1) is 17.2. The first-order valence-electron chi connectivity index (χ1n) is 7.56. The molecule has 0 heterocycles. The number of hydrogen-bond acceptors (Lipinski definition) is 3. The molecule has 1 amide bonds. The minimum absolute atomic E-state index is 0.0274. The summed E-state index contributed by atoms with van der Waals surface area (Å²) in [5, 5.41) is 2.83. The number of nitrogens with one attached hydrogen (secondary N) is 1. The molecule has 1 aromatic carbocycles. The molecule has 0 radical (unpaired) electrons. The smallest absolute Gasteiger partial charge is 0.307 e. The van der Waals surface area contributed by atoms with Gasteiger partial charge in [-0.3, -0.25) is 9.59 Å². The number of hydrogen-bond donors (Lipinski definition) is 1. The Kier molecular flexibility index (Phi) is 7.51. The summed E-state index contributed by atoms with van der Waals surface area (Å²) in [6, 6.07) is 9.74. The molecule has 0 aliphatic rings. The lowest BCUT2D eigenvalue weighted by atomic mass is 9.93. The second-order valence-electron chi connectivity index (χ2n) is 5.33. The summed E-state index contributed by atoms with van der Waals surface area (Å²) in [4.78, 5) is 23.7. The number of ether oxygens (including phenoxy) is 1. The van der Waals surface area contributed by atoms with Crippen LogP contribution >= 0.6 is 0 Å². The van der Waals surface area contributed by atoms with Gasteiger partial charge in [0.1, 0.15) is 0 Å². The molecular weight excluding hydrogens is 266 g/mol. The first-order valence-corrected chi connectivity index (χ1v) is 7.56. The van der Waals surface area contributed by atoms with E-state index in [0.717, 1.165) is 18.4 Å². The van der Waals surface area contributed by atoms with E-state index < -0.39 is 0 Å². The van der Waals surface area contributed by atoms with E-state index in [0.29, 0.717) is 6.54 Å². The molecule has 0 spiro atoms. The lowest BCUT2D eigenvalue weighted by Crippen LogP contribution is -2.31. The lowest BCUT2D eigenvalue weighted by Gasteiger charge is -2.16. The van der Waals surface area contributed by atoms with Crippen LogP contribution in [0.1, 0.15) is 51.5 Å². The third-order valence-corrected chi connectivity index (χ3v) is 3.09. The van der Waals surface area contributed by atoms with Crippen molar-refractivity contribution in [3.05, 3.63) is 35.9 Å². The van der Waals surface area contributed by atoms with Gasteiger partial charge in [0.2, 0.25) is 5.91 Å². The van der Waals surface area contributed by atoms with Crippen molar-refractivity contribution in [3.63, 3.8) is 0 Å². The standard InChI is InChI=1S/C17H25NO3/c1-4-8-15(14-9-6-5-7-10-14)17(20)18-12-11-16(19)21-13(2)3/h5-7,9-10,13,15H,4,8,11-12H2,1-3H3,(H,18,20). The monoisotopic (exact) mass is 291 g/mol. The van der Waals surface area contributed by atoms with Crippen molar-refractivity contribution < 1.29 is 14.3 Å². The number of carbonyl (C=O) groups is 2. The van der Waals surface area contributed by atoms with Gasteiger partial charge in [-0.05, 0) is 25.8 Å². The first-order chi connectivity index (χ1) is 10.0. The van der Waals surface area contributed by atoms with Gasteiger partial charge in [-0.25, -0.2) is 0 Å². The minimum atomic E-state index is -0.281. The maximum Gasteiger partial charge on any atom is 0.307 e. The third kappa shape index (κ3) is 6.43. The molecule has 0 bridgehead atoms. The zero-order valence-corrected chi connectivity index (χ0v) is 13.1. The molecular formula is C17H25NO3. The van der Waals surface area contributed by atoms with Crippen LogP contribution in [0.5, 0.6) is 0 Å². The summed E-state index contributed by atoms with van der Waals surface area (Å²) in [7, 11) is 0. The van der Waals surface area contributed by atoms with E-state index in [2.05, 4.69) is 12.2 Å². The van der Waals surface area contributed by atoms with Gasteiger partial charge in [0.15, 0.2) is 0 Å². The highest BCUT2D eigenvalue weighted by Crippen LogP contribution is 2.21. The van der Waals surface area contributed by atoms with Crippen LogP contribution in [0.4, 0.5) is 0 Å². The van der Waals surface area contributed by atoms with E-state index in [9.17, 15) is 9.59 Å². The Hall–Kier alpha value is -1.84. The Labute approximate surface area is 126 Å². The highest BCUT2D eigenvalue weighted by atomic mass is 16.5. The van der Waals surface area contributed by atoms with Crippen molar-refractivity contribution in [2.45, 2.75) is 52.1 Å². The van der Waals surface area contributed by atoms with Crippen molar-refractivity contribution in [3.8, 4) is 0 Å². The fraction of sp³-hybridized carbons (Fsp3) is 0.529. The Bertz CT molecular complexity index is 443. The largest absolute Gasteiger partial charge is 0.463 e. The molecule has 1 N–H and O–H groups in total. The number of rotatable bonds is 8. The SMILES string of the molecule is CCCC(C(=O)NCCC(=O)OC(C)C)c1ccccc1. The van der Waals surface area contributed by atoms with Crippen molar-refractivity contribution in [1.29, 1.82) is 0 Å². The van der Waals surface area contributed by atoms with Crippen molar-refractivity contribution in [2.24, 2.45) is 0 Å². The van der Waals surface area contributed by atoms with Gasteiger partial charge in [-0.2, -0.15) is 0 Å². The highest BCUT2D eigenvalue weighted by Gasteiger charge is 2.19. The van der Waals surface area contributed by atoms with Gasteiger partial charge in [0.05, 0.1) is 18.4 Å². The second kappa shape index (κ2) is 9.16. The van der Waals surface area contributed by atoms with Crippen LogP contribution < -0.4 is 5.32 Å². The van der Waals surface area contributed by atoms with Gasteiger partial charge in [0, 0.05) is 6.54 Å². The Morgan fingerprint density at radius 3 is 2.43 bits per heavy atom. The molecule has 116 valence electrons. The molecule has 21 heavy (non-hydrogen) atoms. The quantitative estimate of drug-likeness (QED) is 0.749. The van der Waals surface area contributed by atoms with E-state index in [-0.39, 0.29) is 30.3 Å². The molecule has 0 aromatic heterocycles. The Morgan fingerprint density at radius 1 is 1.19 bits per heavy atom. The normalized spacial score (nSPS) is 12.0. The van der Waals surface area contributed by atoms with Crippen molar-refractivity contribution in [1.82, 2.24) is 5.32 Å². The topological polar surface area (TPSA) is 55.4 Å². The molecule has 1 rings (SSSR count). The van der Waals surface area contributed by atoms with Gasteiger partial charge < -0.3 is 10.1 Å². The summed E-state index contributed by atoms with van der Waals surface area (Å²) in [6.45, 7) is 5.99. The zero-order chi connectivity index (χ0) is 15.7. The fourth-order valence-electron chi connectivity index (χ4n) is 2.16. The summed E-state index contributed by atoms with van der Waals surface area (Å²) in [5.74, 6) is -0.463. The maximum absolute atomic E-state index is 12.3. The van der Waals surface area contributed by atoms with Crippen molar-refractivity contribution in [2.75, 3.05) is 6.54 Å². The second-order valence-corrected chi connectivity index (χ2v) is 5.33. The molecule has 4 nitrogen and oxygen atoms in total. The summed E-state index contributed by atoms with van der Waals surface area (Å²) < 4.78 is 5.03. The van der Waals surface area contributed by atoms with E-state index in [4.69, 9.17) is 4.74 Å². The molecule has 0 fully saturated rings. The van der Waals surface area contributed by atoms with Crippen LogP contribution in [-0.2, 0) is 14.3 Å². The highest BCUT2D eigenvalue weighted by molar-refractivity contribution is 5.84.